The third kappa shape index (κ3) is 3.66. The number of hydrogen-bond acceptors (Lipinski definition) is 3. The average Bonchev–Trinajstić information content (AvgIpc) is 2.57. The molecule has 0 radical (unpaired) electrons. The Morgan fingerprint density at radius 3 is 2.43 bits per heavy atom. The highest BCUT2D eigenvalue weighted by Crippen LogP contribution is 2.18. The van der Waals surface area contributed by atoms with Crippen molar-refractivity contribution in [1.82, 2.24) is 5.43 Å². The maximum Gasteiger partial charge on any atom is 0.0624 e. The first-order chi connectivity index (χ1) is 10.4. The summed E-state index contributed by atoms with van der Waals surface area (Å²) < 4.78 is 0. The fourth-order valence-electron chi connectivity index (χ4n) is 2.25. The summed E-state index contributed by atoms with van der Waals surface area (Å²) in [6.07, 6.45) is 8.91. The Morgan fingerprint density at radius 1 is 0.905 bits per heavy atom. The summed E-state index contributed by atoms with van der Waals surface area (Å²) in [5.74, 6) is 0. The lowest BCUT2D eigenvalue weighted by Crippen LogP contribution is -2.29. The maximum absolute atomic E-state index is 3.45. The van der Waals surface area contributed by atoms with Crippen LogP contribution in [-0.4, -0.2) is 6.54 Å². The lowest BCUT2D eigenvalue weighted by molar-refractivity contribution is 0.868. The van der Waals surface area contributed by atoms with E-state index in [2.05, 4.69) is 59.3 Å². The molecule has 0 amide bonds. The van der Waals surface area contributed by atoms with Crippen LogP contribution in [0.3, 0.4) is 0 Å². The fraction of sp³-hybridized carbons (Fsp3) is 0.111. The number of hydrazine groups is 1. The van der Waals surface area contributed by atoms with Crippen LogP contribution < -0.4 is 15.8 Å². The van der Waals surface area contributed by atoms with E-state index in [0.717, 1.165) is 24.3 Å². The van der Waals surface area contributed by atoms with Gasteiger partial charge in [-0.1, -0.05) is 30.3 Å². The van der Waals surface area contributed by atoms with Crippen molar-refractivity contribution in [2.75, 3.05) is 16.9 Å². The van der Waals surface area contributed by atoms with Crippen molar-refractivity contribution in [1.29, 1.82) is 0 Å². The Balaban J connectivity index is 1.52. The zero-order valence-electron chi connectivity index (χ0n) is 11.9. The fourth-order valence-corrected chi connectivity index (χ4v) is 2.25. The van der Waals surface area contributed by atoms with Crippen molar-refractivity contribution in [2.45, 2.75) is 6.42 Å². The van der Waals surface area contributed by atoms with E-state index in [0.29, 0.717) is 0 Å². The van der Waals surface area contributed by atoms with Crippen molar-refractivity contribution >= 4 is 11.4 Å². The van der Waals surface area contributed by atoms with Crippen molar-refractivity contribution in [3.05, 3.63) is 84.7 Å². The van der Waals surface area contributed by atoms with Gasteiger partial charge in [-0.3, -0.25) is 5.01 Å². The Kier molecular flexibility index (Phi) is 4.22. The second-order valence-corrected chi connectivity index (χ2v) is 4.91. The van der Waals surface area contributed by atoms with Gasteiger partial charge in [0, 0.05) is 24.6 Å². The molecule has 0 saturated carbocycles. The first-order valence-corrected chi connectivity index (χ1v) is 7.18. The van der Waals surface area contributed by atoms with Crippen LogP contribution in [0.25, 0.3) is 0 Å². The number of rotatable bonds is 5. The number of nitrogens with zero attached hydrogens (tertiary/aromatic N) is 1. The SMILES string of the molecule is C1=CNN(c2ccc(NCCc3ccccc3)cc2)C=C1. The molecule has 0 spiro atoms. The molecule has 1 heterocycles. The lowest BCUT2D eigenvalue weighted by Gasteiger charge is -2.22. The Bertz CT molecular complexity index is 615. The monoisotopic (exact) mass is 277 g/mol. The normalized spacial score (nSPS) is 13.0. The lowest BCUT2D eigenvalue weighted by atomic mass is 10.1. The van der Waals surface area contributed by atoms with Crippen molar-refractivity contribution in [2.24, 2.45) is 0 Å². The van der Waals surface area contributed by atoms with Gasteiger partial charge in [0.15, 0.2) is 0 Å². The van der Waals surface area contributed by atoms with Gasteiger partial charge in [0.05, 0.1) is 5.69 Å². The molecule has 2 aromatic carbocycles. The Hall–Kier alpha value is -2.68. The third-order valence-corrected chi connectivity index (χ3v) is 3.39. The van der Waals surface area contributed by atoms with Crippen LogP contribution in [-0.2, 0) is 6.42 Å². The predicted octanol–water partition coefficient (Wildman–Crippen LogP) is 3.69. The number of anilines is 2. The highest BCUT2D eigenvalue weighted by atomic mass is 15.5. The zero-order chi connectivity index (χ0) is 14.3. The van der Waals surface area contributed by atoms with E-state index < -0.39 is 0 Å². The molecule has 1 aliphatic rings. The summed E-state index contributed by atoms with van der Waals surface area (Å²) >= 11 is 0. The van der Waals surface area contributed by atoms with Crippen molar-refractivity contribution in [3.8, 4) is 0 Å². The maximum atomic E-state index is 3.45. The van der Waals surface area contributed by atoms with Gasteiger partial charge < -0.3 is 10.7 Å². The first-order valence-electron chi connectivity index (χ1n) is 7.18. The topological polar surface area (TPSA) is 27.3 Å². The molecule has 3 heteroatoms. The van der Waals surface area contributed by atoms with E-state index in [1.807, 2.05) is 35.6 Å². The summed E-state index contributed by atoms with van der Waals surface area (Å²) in [6, 6.07) is 18.9. The van der Waals surface area contributed by atoms with E-state index in [1.165, 1.54) is 5.56 Å². The van der Waals surface area contributed by atoms with Gasteiger partial charge in [0.25, 0.3) is 0 Å². The average molecular weight is 277 g/mol. The van der Waals surface area contributed by atoms with E-state index in [-0.39, 0.29) is 0 Å². The van der Waals surface area contributed by atoms with Crippen LogP contribution in [0, 0.1) is 0 Å². The highest BCUT2D eigenvalue weighted by molar-refractivity contribution is 5.56. The van der Waals surface area contributed by atoms with E-state index in [1.54, 1.807) is 0 Å². The van der Waals surface area contributed by atoms with Crippen LogP contribution in [0.2, 0.25) is 0 Å². The molecule has 106 valence electrons. The molecule has 3 rings (SSSR count). The molecule has 0 saturated heterocycles. The standard InChI is InChI=1S/C18H19N3/c1-2-6-16(7-3-1)12-14-19-17-8-10-18(11-9-17)21-15-5-4-13-20-21/h1-11,13,15,19-20H,12,14H2. The van der Waals surface area contributed by atoms with Crippen LogP contribution in [0.4, 0.5) is 11.4 Å². The zero-order valence-corrected chi connectivity index (χ0v) is 11.9. The minimum atomic E-state index is 0.938. The van der Waals surface area contributed by atoms with Crippen molar-refractivity contribution in [3.63, 3.8) is 0 Å². The van der Waals surface area contributed by atoms with Gasteiger partial charge >= 0.3 is 0 Å². The summed E-state index contributed by atoms with van der Waals surface area (Å²) in [4.78, 5) is 0. The molecular weight excluding hydrogens is 258 g/mol. The number of nitrogens with one attached hydrogen (secondary N) is 2. The van der Waals surface area contributed by atoms with Crippen LogP contribution in [0.1, 0.15) is 5.56 Å². The molecule has 2 aromatic rings. The summed E-state index contributed by atoms with van der Waals surface area (Å²) in [5, 5.41) is 5.43. The molecule has 0 atom stereocenters. The van der Waals surface area contributed by atoms with Crippen LogP contribution in [0.15, 0.2) is 79.1 Å². The molecular formula is C18H19N3. The van der Waals surface area contributed by atoms with Gasteiger partial charge in [-0.2, -0.15) is 0 Å². The number of benzene rings is 2. The van der Waals surface area contributed by atoms with E-state index in [9.17, 15) is 0 Å². The first kappa shape index (κ1) is 13.3. The number of allylic oxidation sites excluding steroid dienone is 2. The molecule has 0 unspecified atom stereocenters. The molecule has 21 heavy (non-hydrogen) atoms. The Labute approximate surface area is 125 Å². The molecule has 2 N–H and O–H groups in total. The molecule has 1 aliphatic heterocycles. The van der Waals surface area contributed by atoms with Gasteiger partial charge in [-0.05, 0) is 48.4 Å². The quantitative estimate of drug-likeness (QED) is 0.872. The molecule has 3 nitrogen and oxygen atoms in total. The highest BCUT2D eigenvalue weighted by Gasteiger charge is 2.02. The summed E-state index contributed by atoms with van der Waals surface area (Å²) in [6.45, 7) is 0.938. The number of hydrogen-bond donors (Lipinski definition) is 2. The third-order valence-electron chi connectivity index (χ3n) is 3.39. The van der Waals surface area contributed by atoms with Gasteiger partial charge in [-0.15, -0.1) is 0 Å². The summed E-state index contributed by atoms with van der Waals surface area (Å²) in [5.41, 5.74) is 6.78. The smallest absolute Gasteiger partial charge is 0.0624 e. The molecule has 0 fully saturated rings. The van der Waals surface area contributed by atoms with Crippen LogP contribution >= 0.6 is 0 Å². The molecule has 0 aromatic heterocycles. The minimum Gasteiger partial charge on any atom is -0.385 e. The minimum absolute atomic E-state index is 0.938. The second-order valence-electron chi connectivity index (χ2n) is 4.91. The Morgan fingerprint density at radius 2 is 1.71 bits per heavy atom. The van der Waals surface area contributed by atoms with E-state index in [4.69, 9.17) is 0 Å². The van der Waals surface area contributed by atoms with Gasteiger partial charge in [0.2, 0.25) is 0 Å². The van der Waals surface area contributed by atoms with Gasteiger partial charge in [0.1, 0.15) is 0 Å². The molecule has 0 aliphatic carbocycles. The van der Waals surface area contributed by atoms with Crippen LogP contribution in [0.5, 0.6) is 0 Å². The van der Waals surface area contributed by atoms with E-state index >= 15 is 0 Å². The largest absolute Gasteiger partial charge is 0.385 e. The predicted molar refractivity (Wildman–Crippen MR) is 89.0 cm³/mol. The summed E-state index contributed by atoms with van der Waals surface area (Å²) in [7, 11) is 0. The van der Waals surface area contributed by atoms with Crippen molar-refractivity contribution < 1.29 is 0 Å². The molecule has 0 bridgehead atoms. The second kappa shape index (κ2) is 6.66. The van der Waals surface area contributed by atoms with Gasteiger partial charge in [-0.25, -0.2) is 0 Å².